The summed E-state index contributed by atoms with van der Waals surface area (Å²) in [6.07, 6.45) is 1.23. The van der Waals surface area contributed by atoms with Crippen molar-refractivity contribution >= 4 is 8.32 Å². The minimum absolute atomic E-state index is 0.146. The van der Waals surface area contributed by atoms with E-state index in [1.165, 1.54) is 12.5 Å². The van der Waals surface area contributed by atoms with Crippen LogP contribution in [-0.2, 0) is 9.16 Å². The van der Waals surface area contributed by atoms with Gasteiger partial charge in [0.2, 0.25) is 0 Å². The molecule has 0 N–H and O–H groups in total. The molecule has 0 aromatic carbocycles. The molecule has 0 saturated heterocycles. The average Bonchev–Trinajstić information content (AvgIpc) is 2.01. The second-order valence-electron chi connectivity index (χ2n) is 5.40. The van der Waals surface area contributed by atoms with Crippen molar-refractivity contribution in [2.45, 2.75) is 46.3 Å². The highest BCUT2D eigenvalue weighted by Crippen LogP contribution is 2.21. The van der Waals surface area contributed by atoms with Gasteiger partial charge in [0.15, 0.2) is 8.32 Å². The van der Waals surface area contributed by atoms with Crippen molar-refractivity contribution in [3.8, 4) is 0 Å². The molecular weight excluding hydrogens is 192 g/mol. The Balaban J connectivity index is 3.90. The lowest BCUT2D eigenvalue weighted by molar-refractivity contribution is 0.0613. The van der Waals surface area contributed by atoms with Gasteiger partial charge < -0.3 is 9.16 Å². The lowest BCUT2D eigenvalue weighted by Crippen LogP contribution is -2.36. The van der Waals surface area contributed by atoms with Crippen LogP contribution in [0.5, 0.6) is 0 Å². The van der Waals surface area contributed by atoms with Crippen LogP contribution in [0.4, 0.5) is 0 Å². The van der Waals surface area contributed by atoms with Crippen LogP contribution in [0, 0.1) is 5.41 Å². The summed E-state index contributed by atoms with van der Waals surface area (Å²) in [5.41, 5.74) is 0.146. The van der Waals surface area contributed by atoms with Crippen LogP contribution >= 0.6 is 0 Å². The first-order valence-electron chi connectivity index (χ1n) is 5.46. The number of rotatable bonds is 7. The van der Waals surface area contributed by atoms with Gasteiger partial charge >= 0.3 is 0 Å². The van der Waals surface area contributed by atoms with Gasteiger partial charge in [-0.15, -0.1) is 0 Å². The summed E-state index contributed by atoms with van der Waals surface area (Å²) in [6.45, 7) is 12.8. The zero-order chi connectivity index (χ0) is 11.2. The van der Waals surface area contributed by atoms with Crippen molar-refractivity contribution < 1.29 is 9.16 Å². The van der Waals surface area contributed by atoms with Gasteiger partial charge in [0.1, 0.15) is 0 Å². The van der Waals surface area contributed by atoms with Crippen LogP contribution < -0.4 is 0 Å². The molecule has 3 heteroatoms. The molecule has 0 atom stereocenters. The van der Waals surface area contributed by atoms with E-state index in [2.05, 4.69) is 33.9 Å². The number of ether oxygens (including phenoxy) is 1. The minimum Gasteiger partial charge on any atom is -0.417 e. The van der Waals surface area contributed by atoms with E-state index in [9.17, 15) is 0 Å². The molecule has 0 aliphatic heterocycles. The molecule has 0 amide bonds. The van der Waals surface area contributed by atoms with E-state index in [-0.39, 0.29) is 5.41 Å². The molecule has 0 rings (SSSR count). The molecule has 14 heavy (non-hydrogen) atoms. The maximum Gasteiger partial charge on any atom is 0.186 e. The Morgan fingerprint density at radius 2 is 1.71 bits per heavy atom. The van der Waals surface area contributed by atoms with E-state index in [1.54, 1.807) is 7.11 Å². The van der Waals surface area contributed by atoms with Crippen molar-refractivity contribution in [3.05, 3.63) is 0 Å². The van der Waals surface area contributed by atoms with Crippen LogP contribution in [-0.4, -0.2) is 28.6 Å². The standard InChI is InChI=1S/C11H26O2Si/c1-7-8-14(5,6)13-10-11(2,3)9-12-4/h7-10H2,1-6H3. The molecule has 0 heterocycles. The average molecular weight is 218 g/mol. The third-order valence-electron chi connectivity index (χ3n) is 2.24. The van der Waals surface area contributed by atoms with Crippen molar-refractivity contribution in [3.63, 3.8) is 0 Å². The highest BCUT2D eigenvalue weighted by Gasteiger charge is 2.26. The van der Waals surface area contributed by atoms with Crippen molar-refractivity contribution in [1.82, 2.24) is 0 Å². The minimum atomic E-state index is -1.40. The van der Waals surface area contributed by atoms with Gasteiger partial charge in [-0.05, 0) is 19.1 Å². The Morgan fingerprint density at radius 3 is 2.14 bits per heavy atom. The van der Waals surface area contributed by atoms with Gasteiger partial charge in [0.05, 0.1) is 6.61 Å². The molecule has 0 unspecified atom stereocenters. The van der Waals surface area contributed by atoms with Gasteiger partial charge in [-0.1, -0.05) is 27.2 Å². The smallest absolute Gasteiger partial charge is 0.186 e. The van der Waals surface area contributed by atoms with Gasteiger partial charge in [-0.3, -0.25) is 0 Å². The zero-order valence-corrected chi connectivity index (χ0v) is 11.6. The fourth-order valence-corrected chi connectivity index (χ4v) is 3.63. The summed E-state index contributed by atoms with van der Waals surface area (Å²) in [4.78, 5) is 0. The van der Waals surface area contributed by atoms with Crippen LogP contribution in [0.15, 0.2) is 0 Å². The van der Waals surface area contributed by atoms with E-state index in [0.717, 1.165) is 13.2 Å². The molecule has 2 nitrogen and oxygen atoms in total. The molecule has 0 fully saturated rings. The molecule has 0 bridgehead atoms. The topological polar surface area (TPSA) is 18.5 Å². The fourth-order valence-electron chi connectivity index (χ4n) is 1.50. The summed E-state index contributed by atoms with van der Waals surface area (Å²) >= 11 is 0. The van der Waals surface area contributed by atoms with Gasteiger partial charge in [-0.2, -0.15) is 0 Å². The van der Waals surface area contributed by atoms with E-state index >= 15 is 0 Å². The highest BCUT2D eigenvalue weighted by molar-refractivity contribution is 6.71. The quantitative estimate of drug-likeness (QED) is 0.611. The highest BCUT2D eigenvalue weighted by atomic mass is 28.4. The van der Waals surface area contributed by atoms with Crippen molar-refractivity contribution in [2.24, 2.45) is 5.41 Å². The third-order valence-corrected chi connectivity index (χ3v) is 4.87. The van der Waals surface area contributed by atoms with Gasteiger partial charge in [-0.25, -0.2) is 0 Å². The summed E-state index contributed by atoms with van der Waals surface area (Å²) in [5.74, 6) is 0. The maximum absolute atomic E-state index is 6.05. The second kappa shape index (κ2) is 5.88. The molecule has 0 spiro atoms. The molecule has 0 aliphatic carbocycles. The summed E-state index contributed by atoms with van der Waals surface area (Å²) in [5, 5.41) is 0. The predicted octanol–water partition coefficient (Wildman–Crippen LogP) is 3.29. The van der Waals surface area contributed by atoms with Crippen molar-refractivity contribution in [1.29, 1.82) is 0 Å². The molecule has 0 aliphatic rings. The van der Waals surface area contributed by atoms with Crippen LogP contribution in [0.2, 0.25) is 19.1 Å². The number of hydrogen-bond acceptors (Lipinski definition) is 2. The summed E-state index contributed by atoms with van der Waals surface area (Å²) in [6, 6.07) is 1.25. The maximum atomic E-state index is 6.05. The third kappa shape index (κ3) is 6.57. The van der Waals surface area contributed by atoms with E-state index in [1.807, 2.05) is 0 Å². The summed E-state index contributed by atoms with van der Waals surface area (Å²) < 4.78 is 11.2. The lowest BCUT2D eigenvalue weighted by atomic mass is 9.97. The first-order chi connectivity index (χ1) is 6.33. The lowest BCUT2D eigenvalue weighted by Gasteiger charge is -2.30. The fraction of sp³-hybridized carbons (Fsp3) is 1.00. The van der Waals surface area contributed by atoms with E-state index < -0.39 is 8.32 Å². The Morgan fingerprint density at radius 1 is 1.14 bits per heavy atom. The van der Waals surface area contributed by atoms with Crippen LogP contribution in [0.1, 0.15) is 27.2 Å². The second-order valence-corrected chi connectivity index (χ2v) is 9.70. The molecule has 0 aromatic rings. The Bertz CT molecular complexity index is 137. The Kier molecular flexibility index (Phi) is 5.94. The van der Waals surface area contributed by atoms with Crippen molar-refractivity contribution in [2.75, 3.05) is 20.3 Å². The SMILES string of the molecule is CCC[Si](C)(C)OCC(C)(C)COC. The monoisotopic (exact) mass is 218 g/mol. The normalized spacial score (nSPS) is 13.3. The van der Waals surface area contributed by atoms with E-state index in [0.29, 0.717) is 0 Å². The number of methoxy groups -OCH3 is 1. The summed E-state index contributed by atoms with van der Waals surface area (Å²) in [7, 11) is 0.349. The molecule has 0 radical (unpaired) electrons. The first-order valence-corrected chi connectivity index (χ1v) is 8.57. The van der Waals surface area contributed by atoms with Crippen LogP contribution in [0.25, 0.3) is 0 Å². The Hall–Kier alpha value is 0.137. The van der Waals surface area contributed by atoms with E-state index in [4.69, 9.17) is 9.16 Å². The van der Waals surface area contributed by atoms with Crippen LogP contribution in [0.3, 0.4) is 0 Å². The number of hydrogen-bond donors (Lipinski definition) is 0. The molecule has 0 saturated carbocycles. The van der Waals surface area contributed by atoms with Gasteiger partial charge in [0.25, 0.3) is 0 Å². The molecular formula is C11H26O2Si. The predicted molar refractivity (Wildman–Crippen MR) is 64.2 cm³/mol. The van der Waals surface area contributed by atoms with Gasteiger partial charge in [0, 0.05) is 19.1 Å². The molecule has 86 valence electrons. The molecule has 0 aromatic heterocycles. The zero-order valence-electron chi connectivity index (χ0n) is 10.6. The largest absolute Gasteiger partial charge is 0.417 e. The Labute approximate surface area is 90.1 Å². The first kappa shape index (κ1) is 14.1.